The second kappa shape index (κ2) is 11.4. The molecule has 4 aromatic carbocycles. The van der Waals surface area contributed by atoms with Crippen molar-refractivity contribution in [1.82, 2.24) is 0 Å². The molecule has 2 amide bonds. The maximum absolute atomic E-state index is 13.3. The molecule has 0 saturated heterocycles. The van der Waals surface area contributed by atoms with Gasteiger partial charge >= 0.3 is 0 Å². The molecule has 0 aliphatic heterocycles. The maximum atomic E-state index is 13.3. The zero-order valence-electron chi connectivity index (χ0n) is 23.1. The van der Waals surface area contributed by atoms with Gasteiger partial charge in [-0.05, 0) is 36.4 Å². The average molecular weight is 571 g/mol. The summed E-state index contributed by atoms with van der Waals surface area (Å²) in [5.74, 6) is 0.405. The topological polar surface area (TPSA) is 149 Å². The minimum Gasteiger partial charge on any atom is -0.617 e. The van der Waals surface area contributed by atoms with Gasteiger partial charge in [0.05, 0.1) is 39.8 Å². The van der Waals surface area contributed by atoms with Crippen molar-refractivity contribution in [2.75, 3.05) is 39.1 Å². The van der Waals surface area contributed by atoms with Crippen LogP contribution in [0.5, 0.6) is 23.0 Å². The number of hydrogen-bond donors (Lipinski definition) is 2. The minimum absolute atomic E-state index is 0.0181. The van der Waals surface area contributed by atoms with Crippen LogP contribution in [0.3, 0.4) is 0 Å². The third-order valence-electron chi connectivity index (χ3n) is 6.66. The van der Waals surface area contributed by atoms with Crippen molar-refractivity contribution in [1.29, 1.82) is 0 Å². The van der Waals surface area contributed by atoms with Crippen LogP contribution >= 0.6 is 0 Å². The van der Waals surface area contributed by atoms with Gasteiger partial charge in [-0.3, -0.25) is 9.59 Å². The molecule has 0 fully saturated rings. The van der Waals surface area contributed by atoms with E-state index in [-0.39, 0.29) is 44.6 Å². The highest BCUT2D eigenvalue weighted by Gasteiger charge is 2.25. The van der Waals surface area contributed by atoms with E-state index in [1.54, 1.807) is 24.3 Å². The fourth-order valence-electron chi connectivity index (χ4n) is 4.52. The normalized spacial score (nSPS) is 10.8. The van der Waals surface area contributed by atoms with Crippen LogP contribution in [0.4, 0.5) is 11.4 Å². The summed E-state index contributed by atoms with van der Waals surface area (Å²) in [6, 6.07) is 18.2. The molecule has 42 heavy (non-hydrogen) atoms. The number of ether oxygens (including phenoxy) is 4. The number of benzene rings is 4. The number of hydrogen-bond acceptors (Lipinski definition) is 8. The van der Waals surface area contributed by atoms with Crippen molar-refractivity contribution < 1.29 is 38.0 Å². The zero-order valence-corrected chi connectivity index (χ0v) is 23.1. The summed E-state index contributed by atoms with van der Waals surface area (Å²) in [7, 11) is 5.84. The van der Waals surface area contributed by atoms with Gasteiger partial charge < -0.3 is 40.0 Å². The minimum atomic E-state index is -0.565. The van der Waals surface area contributed by atoms with Gasteiger partial charge in [-0.25, -0.2) is 0 Å². The van der Waals surface area contributed by atoms with Crippen LogP contribution in [0.25, 0.3) is 22.1 Å². The van der Waals surface area contributed by atoms with Crippen molar-refractivity contribution in [3.05, 3.63) is 94.3 Å². The van der Waals surface area contributed by atoms with Gasteiger partial charge in [0.1, 0.15) is 0 Å². The van der Waals surface area contributed by atoms with E-state index in [0.29, 0.717) is 32.5 Å². The molecule has 2 N–H and O–H groups in total. The van der Waals surface area contributed by atoms with Gasteiger partial charge in [0, 0.05) is 35.4 Å². The Morgan fingerprint density at radius 2 is 0.929 bits per heavy atom. The molecule has 0 saturated carbocycles. The van der Waals surface area contributed by atoms with Crippen molar-refractivity contribution in [2.45, 2.75) is 0 Å². The number of methoxy groups -OCH3 is 4. The molecular weight excluding hydrogens is 544 g/mol. The second-order valence-corrected chi connectivity index (χ2v) is 9.01. The van der Waals surface area contributed by atoms with Crippen LogP contribution in [0.15, 0.2) is 72.8 Å². The zero-order chi connectivity index (χ0) is 30.0. The van der Waals surface area contributed by atoms with E-state index in [9.17, 15) is 20.0 Å². The molecule has 1 aromatic heterocycles. The number of carbonyl (C=O) groups excluding carboxylic acids is 2. The summed E-state index contributed by atoms with van der Waals surface area (Å²) in [6.45, 7) is 0. The Kier molecular flexibility index (Phi) is 7.52. The predicted octanol–water partition coefficient (Wildman–Crippen LogP) is 3.80. The maximum Gasteiger partial charge on any atom is 0.292 e. The van der Waals surface area contributed by atoms with E-state index in [0.717, 1.165) is 0 Å². The Balaban J connectivity index is 1.62. The number of nitrogens with zero attached hydrogens (tertiary/aromatic N) is 2. The molecule has 0 bridgehead atoms. The highest BCUT2D eigenvalue weighted by atomic mass is 16.5. The summed E-state index contributed by atoms with van der Waals surface area (Å²) in [5.41, 5.74) is 0.839. The Labute approximate surface area is 239 Å². The van der Waals surface area contributed by atoms with Crippen molar-refractivity contribution in [3.8, 4) is 23.0 Å². The Morgan fingerprint density at radius 3 is 1.29 bits per heavy atom. The van der Waals surface area contributed by atoms with Crippen molar-refractivity contribution >= 4 is 45.3 Å². The molecule has 5 rings (SSSR count). The first-order valence-electron chi connectivity index (χ1n) is 12.6. The summed E-state index contributed by atoms with van der Waals surface area (Å²) in [6.07, 6.45) is 0. The first kappa shape index (κ1) is 27.8. The van der Waals surface area contributed by atoms with E-state index in [1.807, 2.05) is 0 Å². The quantitative estimate of drug-likeness (QED) is 0.163. The molecule has 0 aliphatic carbocycles. The van der Waals surface area contributed by atoms with Gasteiger partial charge in [-0.2, -0.15) is 9.46 Å². The fourth-order valence-corrected chi connectivity index (χ4v) is 4.52. The largest absolute Gasteiger partial charge is 0.617 e. The van der Waals surface area contributed by atoms with Crippen molar-refractivity contribution in [3.63, 3.8) is 0 Å². The molecule has 0 spiro atoms. The SMILES string of the molecule is COc1ccc(C(=O)Nc2cc3c(cc2NC(=O)c2ccc(OC)c(OC)c2)[n+]([O-])c2ccccc2[n+]3[O-])cc1OC. The van der Waals surface area contributed by atoms with Crippen LogP contribution in [0.2, 0.25) is 0 Å². The molecule has 0 unspecified atom stereocenters. The van der Waals surface area contributed by atoms with Crippen LogP contribution < -0.4 is 39.0 Å². The van der Waals surface area contributed by atoms with E-state index < -0.39 is 11.8 Å². The molecule has 0 radical (unpaired) electrons. The third-order valence-corrected chi connectivity index (χ3v) is 6.66. The number of anilines is 2. The second-order valence-electron chi connectivity index (χ2n) is 9.01. The Bertz CT molecular complexity index is 1720. The molecule has 5 aromatic rings. The highest BCUT2D eigenvalue weighted by Crippen LogP contribution is 2.32. The number of amides is 2. The Hall–Kier alpha value is -5.78. The first-order chi connectivity index (χ1) is 20.3. The van der Waals surface area contributed by atoms with E-state index in [2.05, 4.69) is 10.6 Å². The lowest BCUT2D eigenvalue weighted by Gasteiger charge is -2.15. The summed E-state index contributed by atoms with van der Waals surface area (Å²) < 4.78 is 22.3. The predicted molar refractivity (Wildman–Crippen MR) is 154 cm³/mol. The fraction of sp³-hybridized carbons (Fsp3) is 0.133. The summed E-state index contributed by atoms with van der Waals surface area (Å²) in [4.78, 5) is 26.7. The average Bonchev–Trinajstić information content (AvgIpc) is 3.03. The van der Waals surface area contributed by atoms with Crippen LogP contribution in [-0.4, -0.2) is 40.3 Å². The molecule has 214 valence electrons. The lowest BCUT2D eigenvalue weighted by molar-refractivity contribution is -0.591. The van der Waals surface area contributed by atoms with Crippen molar-refractivity contribution in [2.24, 2.45) is 0 Å². The smallest absolute Gasteiger partial charge is 0.292 e. The van der Waals surface area contributed by atoms with E-state index >= 15 is 0 Å². The lowest BCUT2D eigenvalue weighted by atomic mass is 10.1. The van der Waals surface area contributed by atoms with Crippen LogP contribution in [0, 0.1) is 10.4 Å². The third kappa shape index (κ3) is 4.96. The van der Waals surface area contributed by atoms with Gasteiger partial charge in [-0.1, -0.05) is 12.1 Å². The number of aromatic nitrogens is 2. The molecule has 12 nitrogen and oxygen atoms in total. The standard InChI is InChI=1S/C30H26N4O8/c1-39-25-11-9-17(13-27(25)41-3)29(35)31-19-15-23-24(34(38)22-8-6-5-7-21(22)33(23)37)16-20(19)32-30(36)18-10-12-26(40-2)28(14-18)42-4/h5-16H,1-4H3,(H,31,35)(H,32,36). The number of carbonyl (C=O) groups is 2. The van der Waals surface area contributed by atoms with Crippen LogP contribution in [0.1, 0.15) is 20.7 Å². The van der Waals surface area contributed by atoms with Crippen LogP contribution in [-0.2, 0) is 0 Å². The number of nitrogens with one attached hydrogen (secondary N) is 2. The van der Waals surface area contributed by atoms with Gasteiger partial charge in [0.15, 0.2) is 23.0 Å². The lowest BCUT2D eigenvalue weighted by Crippen LogP contribution is -2.39. The highest BCUT2D eigenvalue weighted by molar-refractivity contribution is 6.11. The van der Waals surface area contributed by atoms with Gasteiger partial charge in [0.25, 0.3) is 33.9 Å². The van der Waals surface area contributed by atoms with Gasteiger partial charge in [0.2, 0.25) is 0 Å². The number of fused-ring (bicyclic) bond motifs is 2. The summed E-state index contributed by atoms with van der Waals surface area (Å²) in [5, 5.41) is 32.1. The molecule has 0 atom stereocenters. The molecule has 1 heterocycles. The molecule has 0 aliphatic rings. The molecule has 12 heteroatoms. The summed E-state index contributed by atoms with van der Waals surface area (Å²) >= 11 is 0. The molecular formula is C30H26N4O8. The first-order valence-corrected chi connectivity index (χ1v) is 12.6. The van der Waals surface area contributed by atoms with E-state index in [4.69, 9.17) is 18.9 Å². The van der Waals surface area contributed by atoms with Gasteiger partial charge in [-0.15, -0.1) is 0 Å². The van der Waals surface area contributed by atoms with E-state index in [1.165, 1.54) is 77.0 Å². The number of rotatable bonds is 8. The monoisotopic (exact) mass is 570 g/mol. The number of para-hydroxylation sites is 2. The Morgan fingerprint density at radius 1 is 0.548 bits per heavy atom.